The first-order valence-corrected chi connectivity index (χ1v) is 10.9. The fourth-order valence-corrected chi connectivity index (χ4v) is 4.09. The van der Waals surface area contributed by atoms with Gasteiger partial charge in [-0.25, -0.2) is 20.0 Å². The highest BCUT2D eigenvalue weighted by Gasteiger charge is 2.19. The quantitative estimate of drug-likeness (QED) is 0.649. The number of rotatable bonds is 3. The normalized spacial score (nSPS) is 19.5. The summed E-state index contributed by atoms with van der Waals surface area (Å²) in [5.74, 6) is 1.43. The molecule has 0 aromatic heterocycles. The Balaban J connectivity index is 1.50. The molecule has 164 valence electrons. The Bertz CT molecular complexity index is 1480. The van der Waals surface area contributed by atoms with Gasteiger partial charge >= 0.3 is 0 Å². The van der Waals surface area contributed by atoms with Gasteiger partial charge in [0.25, 0.3) is 0 Å². The van der Waals surface area contributed by atoms with Crippen molar-refractivity contribution in [3.63, 3.8) is 0 Å². The molecule has 0 saturated carbocycles. The van der Waals surface area contributed by atoms with Gasteiger partial charge in [-0.1, -0.05) is 0 Å². The van der Waals surface area contributed by atoms with Crippen LogP contribution in [0.15, 0.2) is 128 Å². The van der Waals surface area contributed by atoms with E-state index in [1.54, 1.807) is 14.2 Å². The van der Waals surface area contributed by atoms with E-state index in [2.05, 4.69) is 11.1 Å². The Morgan fingerprint density at radius 2 is 1.00 bits per heavy atom. The molecule has 0 radical (unpaired) electrons. The van der Waals surface area contributed by atoms with Crippen LogP contribution in [0.3, 0.4) is 0 Å². The lowest BCUT2D eigenvalue weighted by atomic mass is 10.00. The van der Waals surface area contributed by atoms with Crippen molar-refractivity contribution in [2.45, 2.75) is 0 Å². The molecular formula is C28H20N4O2. The van der Waals surface area contributed by atoms with Gasteiger partial charge in [-0.2, -0.15) is 0 Å². The lowest BCUT2D eigenvalue weighted by Gasteiger charge is -2.10. The van der Waals surface area contributed by atoms with Crippen LogP contribution in [-0.4, -0.2) is 37.1 Å². The Hall–Kier alpha value is -4.58. The molecule has 34 heavy (non-hydrogen) atoms. The molecule has 0 N–H and O–H groups in total. The molecule has 1 aromatic rings. The Kier molecular flexibility index (Phi) is 4.77. The smallest absolute Gasteiger partial charge is 0.123 e. The average Bonchev–Trinajstić information content (AvgIpc) is 3.64. The van der Waals surface area contributed by atoms with Gasteiger partial charge in [-0.3, -0.25) is 0 Å². The third-order valence-corrected chi connectivity index (χ3v) is 5.70. The number of benzene rings is 1. The third-order valence-electron chi connectivity index (χ3n) is 5.70. The highest BCUT2D eigenvalue weighted by molar-refractivity contribution is 6.32. The summed E-state index contributed by atoms with van der Waals surface area (Å²) < 4.78 is 11.0. The van der Waals surface area contributed by atoms with Gasteiger partial charge < -0.3 is 9.47 Å². The minimum absolute atomic E-state index is 0.716. The van der Waals surface area contributed by atoms with Crippen LogP contribution in [0, 0.1) is 0 Å². The lowest BCUT2D eigenvalue weighted by molar-refractivity contribution is 0.394. The second-order valence-corrected chi connectivity index (χ2v) is 8.04. The molecular weight excluding hydrogens is 424 g/mol. The molecule has 0 amide bonds. The zero-order valence-corrected chi connectivity index (χ0v) is 18.7. The highest BCUT2D eigenvalue weighted by Crippen LogP contribution is 2.33. The van der Waals surface area contributed by atoms with Crippen molar-refractivity contribution in [1.29, 1.82) is 0 Å². The van der Waals surface area contributed by atoms with Crippen LogP contribution in [-0.2, 0) is 0 Å². The minimum Gasteiger partial charge on any atom is -0.497 e. The van der Waals surface area contributed by atoms with Gasteiger partial charge in [0, 0.05) is 11.6 Å². The van der Waals surface area contributed by atoms with Crippen molar-refractivity contribution in [3.8, 4) is 11.5 Å². The highest BCUT2D eigenvalue weighted by atomic mass is 16.5. The number of ether oxygens (including phenoxy) is 2. The Labute approximate surface area is 197 Å². The van der Waals surface area contributed by atoms with Gasteiger partial charge in [0.1, 0.15) is 11.5 Å². The summed E-state index contributed by atoms with van der Waals surface area (Å²) in [7, 11) is 3.29. The number of allylic oxidation sites excluding steroid dienone is 12. The number of nitrogens with zero attached hydrogens (tertiary/aromatic N) is 4. The topological polar surface area (TPSA) is 67.9 Å². The van der Waals surface area contributed by atoms with Crippen LogP contribution in [0.1, 0.15) is 5.56 Å². The van der Waals surface area contributed by atoms with Crippen molar-refractivity contribution in [1.82, 2.24) is 0 Å². The number of hydrogen-bond acceptors (Lipinski definition) is 6. The van der Waals surface area contributed by atoms with E-state index >= 15 is 0 Å². The van der Waals surface area contributed by atoms with Crippen LogP contribution in [0.2, 0.25) is 0 Å². The number of methoxy groups -OCH3 is 2. The van der Waals surface area contributed by atoms with E-state index in [0.717, 1.165) is 56.8 Å². The Morgan fingerprint density at radius 1 is 0.500 bits per heavy atom. The van der Waals surface area contributed by atoms with Crippen molar-refractivity contribution in [2.75, 3.05) is 14.2 Å². The molecule has 0 aliphatic carbocycles. The first-order valence-electron chi connectivity index (χ1n) is 10.9. The first-order chi connectivity index (χ1) is 16.6. The molecule has 0 atom stereocenters. The standard InChI is InChI=1S/C28H20N4O2/c1-33-25-9-17(10-26(16-25)34-2)27-14-24-13-22-6-5-20(30-22)11-18-3-4-19(29-18)12-21-7-8-23(31-21)15-28(27)32-24/h3-16H,1-2H3. The summed E-state index contributed by atoms with van der Waals surface area (Å²) in [5, 5.41) is 0. The van der Waals surface area contributed by atoms with Gasteiger partial charge in [-0.15, -0.1) is 0 Å². The average molecular weight is 444 g/mol. The fraction of sp³-hybridized carbons (Fsp3) is 0.0714. The molecule has 5 aliphatic heterocycles. The van der Waals surface area contributed by atoms with Crippen molar-refractivity contribution in [3.05, 3.63) is 113 Å². The molecule has 6 rings (SSSR count). The predicted octanol–water partition coefficient (Wildman–Crippen LogP) is 5.12. The summed E-state index contributed by atoms with van der Waals surface area (Å²) >= 11 is 0. The molecule has 6 nitrogen and oxygen atoms in total. The van der Waals surface area contributed by atoms with E-state index in [-0.39, 0.29) is 0 Å². The zero-order valence-electron chi connectivity index (χ0n) is 18.7. The maximum Gasteiger partial charge on any atom is 0.123 e. The molecule has 5 aliphatic rings. The van der Waals surface area contributed by atoms with Gasteiger partial charge in [-0.05, 0) is 84.5 Å². The number of aliphatic imine (C=N–C) groups is 4. The Morgan fingerprint density at radius 3 is 1.53 bits per heavy atom. The SMILES string of the molecule is COc1cc(OC)cc(C2=CC3=CC4=NC(=CC5=NC(=CC6=NC(=CC2=N3)C=C6)C=C5)C=C4)c1. The van der Waals surface area contributed by atoms with E-state index in [0.29, 0.717) is 11.5 Å². The van der Waals surface area contributed by atoms with E-state index in [1.807, 2.05) is 79.0 Å². The fourth-order valence-electron chi connectivity index (χ4n) is 4.09. The van der Waals surface area contributed by atoms with Crippen LogP contribution >= 0.6 is 0 Å². The van der Waals surface area contributed by atoms with Gasteiger partial charge in [0.15, 0.2) is 0 Å². The molecule has 1 aromatic carbocycles. The maximum absolute atomic E-state index is 5.49. The third kappa shape index (κ3) is 3.86. The summed E-state index contributed by atoms with van der Waals surface area (Å²) in [6, 6.07) is 5.81. The lowest BCUT2D eigenvalue weighted by Crippen LogP contribution is -1.98. The molecule has 0 fully saturated rings. The monoisotopic (exact) mass is 444 g/mol. The van der Waals surface area contributed by atoms with Crippen LogP contribution in [0.4, 0.5) is 0 Å². The second-order valence-electron chi connectivity index (χ2n) is 8.04. The van der Waals surface area contributed by atoms with Crippen molar-refractivity contribution in [2.24, 2.45) is 20.0 Å². The molecule has 0 saturated heterocycles. The predicted molar refractivity (Wildman–Crippen MR) is 137 cm³/mol. The number of hydrogen-bond donors (Lipinski definition) is 0. The van der Waals surface area contributed by atoms with Crippen LogP contribution in [0.5, 0.6) is 11.5 Å². The van der Waals surface area contributed by atoms with E-state index in [4.69, 9.17) is 24.5 Å². The van der Waals surface area contributed by atoms with E-state index < -0.39 is 0 Å². The van der Waals surface area contributed by atoms with E-state index in [9.17, 15) is 0 Å². The van der Waals surface area contributed by atoms with E-state index in [1.165, 1.54) is 0 Å². The summed E-state index contributed by atoms with van der Waals surface area (Å²) in [5.41, 5.74) is 8.62. The van der Waals surface area contributed by atoms with Crippen LogP contribution in [0.25, 0.3) is 5.57 Å². The molecule has 8 bridgehead atoms. The molecule has 0 spiro atoms. The van der Waals surface area contributed by atoms with Gasteiger partial charge in [0.2, 0.25) is 0 Å². The largest absolute Gasteiger partial charge is 0.497 e. The van der Waals surface area contributed by atoms with Crippen LogP contribution < -0.4 is 9.47 Å². The van der Waals surface area contributed by atoms with Crippen molar-refractivity contribution < 1.29 is 9.47 Å². The van der Waals surface area contributed by atoms with Crippen molar-refractivity contribution >= 4 is 28.4 Å². The molecule has 0 unspecified atom stereocenters. The zero-order chi connectivity index (χ0) is 23.1. The number of fused-ring (bicyclic) bond motifs is 4. The van der Waals surface area contributed by atoms with Gasteiger partial charge in [0.05, 0.1) is 59.9 Å². The molecule has 5 heterocycles. The first kappa shape index (κ1) is 20.1. The molecule has 6 heteroatoms. The summed E-state index contributed by atoms with van der Waals surface area (Å²) in [6.07, 6.45) is 21.9. The summed E-state index contributed by atoms with van der Waals surface area (Å²) in [4.78, 5) is 19.0. The second kappa shape index (κ2) is 8.08. The maximum atomic E-state index is 5.49. The summed E-state index contributed by atoms with van der Waals surface area (Å²) in [6.45, 7) is 0. The minimum atomic E-state index is 0.716.